The van der Waals surface area contributed by atoms with Gasteiger partial charge < -0.3 is 34.3 Å². The number of hydrogen-bond acceptors (Lipinski definition) is 11. The number of carbonyl (C=O) groups excluding carboxylic acids is 1. The second-order valence-corrected chi connectivity index (χ2v) is 17.7. The van der Waals surface area contributed by atoms with Crippen molar-refractivity contribution in [2.24, 2.45) is 0 Å². The Morgan fingerprint density at radius 1 is 0.559 bits per heavy atom. The molecule has 0 bridgehead atoms. The van der Waals surface area contributed by atoms with Crippen molar-refractivity contribution in [1.29, 1.82) is 0 Å². The Morgan fingerprint density at radius 3 is 1.41 bits per heavy atom. The first kappa shape index (κ1) is 62.5. The summed E-state index contributed by atoms with van der Waals surface area (Å²) >= 11 is 0. The van der Waals surface area contributed by atoms with Crippen molar-refractivity contribution in [2.45, 2.75) is 192 Å². The maximum Gasteiger partial charge on any atom is 0.397 e. The lowest BCUT2D eigenvalue weighted by molar-refractivity contribution is -0.301. The minimum Gasteiger partial charge on any atom is -0.457 e. The van der Waals surface area contributed by atoms with Gasteiger partial charge in [0.2, 0.25) is 0 Å². The standard InChI is InChI=1S/C55H88O12S/c1-3-5-7-9-11-13-15-17-19-21-23-24-25-27-29-31-33-35-37-39-41-43-45-63-47-49(48-64-55-53(59)54(67-68(60,61)62)52(58)50(46-56)66-55)65-51(57)44-42-40-38-36-34-32-30-28-26-22-20-18-16-14-12-10-8-6-4-2/h5-8,11-14,17-20,23-24,26-29,33,35,49-50,52-56,58-59H,3-4,9-10,15-16,21-22,25,30-32,34,36-48H2,1-2H3,(H,60,61,62)/b7-5-,8-6-,13-11-,14-12-,19-17-,20-18-,24-23-,28-26-,29-27-,35-33-. The summed E-state index contributed by atoms with van der Waals surface area (Å²) in [6, 6.07) is 0. The predicted octanol–water partition coefficient (Wildman–Crippen LogP) is 11.7. The van der Waals surface area contributed by atoms with Crippen molar-refractivity contribution in [2.75, 3.05) is 26.4 Å². The fourth-order valence-electron chi connectivity index (χ4n) is 6.84. The lowest BCUT2D eigenvalue weighted by atomic mass is 9.99. The second kappa shape index (κ2) is 44.7. The lowest BCUT2D eigenvalue weighted by Gasteiger charge is -2.41. The Kier molecular flexibility index (Phi) is 41.1. The molecule has 0 radical (unpaired) electrons. The highest BCUT2D eigenvalue weighted by molar-refractivity contribution is 7.80. The maximum atomic E-state index is 12.9. The quantitative estimate of drug-likeness (QED) is 0.0197. The molecule has 0 amide bonds. The number of allylic oxidation sites excluding steroid dienone is 20. The molecule has 1 rings (SSSR count). The van der Waals surface area contributed by atoms with E-state index in [9.17, 15) is 33.1 Å². The van der Waals surface area contributed by atoms with Gasteiger partial charge in [0.1, 0.15) is 30.5 Å². The molecular formula is C55H88O12S. The van der Waals surface area contributed by atoms with Crippen LogP contribution in [0.4, 0.5) is 0 Å². The number of unbranched alkanes of at least 4 members (excludes halogenated alkanes) is 9. The van der Waals surface area contributed by atoms with Crippen LogP contribution in [0.1, 0.15) is 155 Å². The zero-order valence-electron chi connectivity index (χ0n) is 41.4. The van der Waals surface area contributed by atoms with Crippen LogP contribution in [0.2, 0.25) is 0 Å². The molecule has 13 heteroatoms. The highest BCUT2D eigenvalue weighted by atomic mass is 32.3. The summed E-state index contributed by atoms with van der Waals surface area (Å²) < 4.78 is 59.2. The molecule has 12 nitrogen and oxygen atoms in total. The highest BCUT2D eigenvalue weighted by Crippen LogP contribution is 2.26. The van der Waals surface area contributed by atoms with E-state index < -0.39 is 59.8 Å². The summed E-state index contributed by atoms with van der Waals surface area (Å²) in [6.45, 7) is 3.64. The number of rotatable bonds is 42. The highest BCUT2D eigenvalue weighted by Gasteiger charge is 2.48. The Hall–Kier alpha value is -3.50. The van der Waals surface area contributed by atoms with Crippen molar-refractivity contribution in [3.8, 4) is 0 Å². The topological polar surface area (TPSA) is 178 Å². The summed E-state index contributed by atoms with van der Waals surface area (Å²) in [4.78, 5) is 12.9. The second-order valence-electron chi connectivity index (χ2n) is 16.6. The molecule has 1 aliphatic heterocycles. The van der Waals surface area contributed by atoms with E-state index in [0.717, 1.165) is 128 Å². The summed E-state index contributed by atoms with van der Waals surface area (Å²) in [5.74, 6) is -0.431. The maximum absolute atomic E-state index is 12.9. The van der Waals surface area contributed by atoms with Gasteiger partial charge in [-0.3, -0.25) is 9.35 Å². The molecule has 68 heavy (non-hydrogen) atoms. The fourth-order valence-corrected chi connectivity index (χ4v) is 7.35. The van der Waals surface area contributed by atoms with Gasteiger partial charge in [0.25, 0.3) is 0 Å². The van der Waals surface area contributed by atoms with Crippen LogP contribution in [-0.4, -0.2) is 97.5 Å². The van der Waals surface area contributed by atoms with E-state index in [4.69, 9.17) is 18.9 Å². The third-order valence-corrected chi connectivity index (χ3v) is 11.0. The van der Waals surface area contributed by atoms with Crippen LogP contribution in [0.3, 0.4) is 0 Å². The van der Waals surface area contributed by atoms with Crippen molar-refractivity contribution < 1.29 is 56.2 Å². The van der Waals surface area contributed by atoms with E-state index >= 15 is 0 Å². The third kappa shape index (κ3) is 37.4. The van der Waals surface area contributed by atoms with E-state index in [1.54, 1.807) is 0 Å². The van der Waals surface area contributed by atoms with Crippen LogP contribution < -0.4 is 0 Å². The van der Waals surface area contributed by atoms with Crippen LogP contribution in [0, 0.1) is 0 Å². The number of aliphatic hydroxyl groups excluding tert-OH is 3. The molecule has 4 N–H and O–H groups in total. The molecule has 0 spiro atoms. The molecule has 6 unspecified atom stereocenters. The summed E-state index contributed by atoms with van der Waals surface area (Å²) in [5, 5.41) is 30.8. The summed E-state index contributed by atoms with van der Waals surface area (Å²) in [7, 11) is -5.08. The molecule has 0 aliphatic carbocycles. The smallest absolute Gasteiger partial charge is 0.397 e. The zero-order valence-corrected chi connectivity index (χ0v) is 42.2. The summed E-state index contributed by atoms with van der Waals surface area (Å²) in [5.41, 5.74) is 0. The Morgan fingerprint density at radius 2 is 0.971 bits per heavy atom. The molecule has 1 saturated heterocycles. The molecule has 0 aromatic carbocycles. The molecule has 6 atom stereocenters. The minimum atomic E-state index is -5.08. The normalized spacial score (nSPS) is 20.4. The van der Waals surface area contributed by atoms with Crippen LogP contribution in [0.15, 0.2) is 122 Å². The van der Waals surface area contributed by atoms with Crippen LogP contribution in [0.5, 0.6) is 0 Å². The first-order valence-electron chi connectivity index (χ1n) is 25.3. The van der Waals surface area contributed by atoms with Gasteiger partial charge in [0.15, 0.2) is 6.29 Å². The van der Waals surface area contributed by atoms with Crippen molar-refractivity contribution in [1.82, 2.24) is 0 Å². The van der Waals surface area contributed by atoms with E-state index in [-0.39, 0.29) is 19.6 Å². The van der Waals surface area contributed by atoms with E-state index in [1.807, 2.05) is 0 Å². The van der Waals surface area contributed by atoms with Crippen LogP contribution in [0.25, 0.3) is 0 Å². The molecular weight excluding hydrogens is 885 g/mol. The number of aliphatic hydroxyl groups is 3. The van der Waals surface area contributed by atoms with E-state index in [2.05, 4.69) is 140 Å². The van der Waals surface area contributed by atoms with Crippen molar-refractivity contribution >= 4 is 16.4 Å². The molecule has 1 fully saturated rings. The van der Waals surface area contributed by atoms with Gasteiger partial charge >= 0.3 is 16.4 Å². The van der Waals surface area contributed by atoms with Crippen molar-refractivity contribution in [3.05, 3.63) is 122 Å². The Balaban J connectivity index is 2.43. The van der Waals surface area contributed by atoms with Gasteiger partial charge in [-0.2, -0.15) is 8.42 Å². The summed E-state index contributed by atoms with van der Waals surface area (Å²) in [6.07, 6.45) is 55.1. The predicted molar refractivity (Wildman–Crippen MR) is 275 cm³/mol. The zero-order chi connectivity index (χ0) is 49.6. The number of esters is 1. The molecule has 0 aromatic rings. The largest absolute Gasteiger partial charge is 0.457 e. The van der Waals surface area contributed by atoms with Gasteiger partial charge in [0.05, 0.1) is 19.8 Å². The molecule has 1 aliphatic rings. The Bertz CT molecular complexity index is 1640. The molecule has 386 valence electrons. The van der Waals surface area contributed by atoms with Gasteiger partial charge in [0, 0.05) is 13.0 Å². The first-order chi connectivity index (χ1) is 33.1. The number of carbonyl (C=O) groups is 1. The van der Waals surface area contributed by atoms with Crippen LogP contribution >= 0.6 is 0 Å². The van der Waals surface area contributed by atoms with Gasteiger partial charge in [-0.25, -0.2) is 4.18 Å². The van der Waals surface area contributed by atoms with Crippen LogP contribution in [-0.2, 0) is 38.3 Å². The third-order valence-electron chi connectivity index (χ3n) is 10.6. The van der Waals surface area contributed by atoms with Gasteiger partial charge in [-0.1, -0.05) is 167 Å². The number of hydrogen-bond donors (Lipinski definition) is 4. The number of ether oxygens (including phenoxy) is 4. The molecule has 0 aromatic heterocycles. The SMILES string of the molecule is CC/C=C\C/C=C\C/C=C\C/C=C\C/C=C\C/C=C\CCCCCOCC(COC1OC(CO)C(O)C(OS(=O)(=O)O)C1O)OC(=O)CCCCCCCC/C=C\C/C=C\C/C=C\C/C=C\CC. The van der Waals surface area contributed by atoms with Gasteiger partial charge in [-0.15, -0.1) is 0 Å². The average molecular weight is 973 g/mol. The minimum absolute atomic E-state index is 0.00200. The van der Waals surface area contributed by atoms with E-state index in [0.29, 0.717) is 13.0 Å². The fraction of sp³-hybridized carbons (Fsp3) is 0.618. The van der Waals surface area contributed by atoms with E-state index in [1.165, 1.54) is 0 Å². The Labute approximate surface area is 410 Å². The lowest BCUT2D eigenvalue weighted by Crippen LogP contribution is -2.60. The first-order valence-corrected chi connectivity index (χ1v) is 26.7. The molecule has 1 heterocycles. The average Bonchev–Trinajstić information content (AvgIpc) is 3.31. The van der Waals surface area contributed by atoms with Gasteiger partial charge in [-0.05, 0) is 103 Å². The molecule has 0 saturated carbocycles. The van der Waals surface area contributed by atoms with Crippen molar-refractivity contribution in [3.63, 3.8) is 0 Å². The monoisotopic (exact) mass is 973 g/mol.